The highest BCUT2D eigenvalue weighted by atomic mass is 127. The molecule has 0 saturated heterocycles. The molecule has 2 N–H and O–H groups in total. The number of aliphatic imine (C=N–C) groups is 1. The van der Waals surface area contributed by atoms with Crippen LogP contribution in [-0.4, -0.2) is 47.5 Å². The maximum Gasteiger partial charge on any atom is 0.191 e. The summed E-state index contributed by atoms with van der Waals surface area (Å²) >= 11 is 0. The molecule has 1 aliphatic rings. The van der Waals surface area contributed by atoms with E-state index in [1.807, 2.05) is 0 Å². The fraction of sp³-hybridized carbons (Fsp3) is 0.812. The van der Waals surface area contributed by atoms with Gasteiger partial charge in [0.25, 0.3) is 0 Å². The summed E-state index contributed by atoms with van der Waals surface area (Å²) in [7, 11) is 1.78. The Balaban J connectivity index is 0.00000288. The summed E-state index contributed by atoms with van der Waals surface area (Å²) in [6.45, 7) is 8.44. The number of hydrogen-bond acceptors (Lipinski definition) is 4. The van der Waals surface area contributed by atoms with Gasteiger partial charge in [0.15, 0.2) is 11.8 Å². The van der Waals surface area contributed by atoms with Gasteiger partial charge in [0, 0.05) is 39.8 Å². The van der Waals surface area contributed by atoms with E-state index >= 15 is 0 Å². The van der Waals surface area contributed by atoms with Crippen molar-refractivity contribution in [3.8, 4) is 0 Å². The minimum Gasteiger partial charge on any atom is -0.381 e. The van der Waals surface area contributed by atoms with Gasteiger partial charge in [-0.25, -0.2) is 0 Å². The SMILES string of the molecule is CN=C(NCCCOCC(C)C)NCc1nnc2n1CCCC2.I. The lowest BCUT2D eigenvalue weighted by Gasteiger charge is -2.16. The van der Waals surface area contributed by atoms with E-state index in [2.05, 4.69) is 44.2 Å². The van der Waals surface area contributed by atoms with Gasteiger partial charge in [-0.15, -0.1) is 34.2 Å². The average Bonchev–Trinajstić information content (AvgIpc) is 2.96. The van der Waals surface area contributed by atoms with Crippen LogP contribution in [0.2, 0.25) is 0 Å². The Morgan fingerprint density at radius 1 is 1.29 bits per heavy atom. The molecule has 1 aromatic rings. The first-order valence-corrected chi connectivity index (χ1v) is 8.64. The van der Waals surface area contributed by atoms with Gasteiger partial charge in [-0.2, -0.15) is 0 Å². The summed E-state index contributed by atoms with van der Waals surface area (Å²) in [5.41, 5.74) is 0. The molecule has 0 amide bonds. The molecule has 0 atom stereocenters. The van der Waals surface area contributed by atoms with Crippen molar-refractivity contribution in [1.82, 2.24) is 25.4 Å². The highest BCUT2D eigenvalue weighted by Crippen LogP contribution is 2.13. The van der Waals surface area contributed by atoms with Crippen LogP contribution in [0.1, 0.15) is 44.8 Å². The van der Waals surface area contributed by atoms with Crippen LogP contribution in [0, 0.1) is 5.92 Å². The molecule has 138 valence electrons. The second-order valence-electron chi connectivity index (χ2n) is 6.32. The number of halogens is 1. The van der Waals surface area contributed by atoms with Crippen molar-refractivity contribution in [3.05, 3.63) is 11.6 Å². The van der Waals surface area contributed by atoms with E-state index in [0.717, 1.165) is 56.8 Å². The molecule has 0 aliphatic carbocycles. The van der Waals surface area contributed by atoms with Gasteiger partial charge in [-0.1, -0.05) is 13.8 Å². The molecule has 0 fully saturated rings. The van der Waals surface area contributed by atoms with Crippen molar-refractivity contribution in [1.29, 1.82) is 0 Å². The molecular weight excluding hydrogens is 419 g/mol. The highest BCUT2D eigenvalue weighted by Gasteiger charge is 2.15. The number of hydrogen-bond donors (Lipinski definition) is 2. The van der Waals surface area contributed by atoms with E-state index < -0.39 is 0 Å². The first-order valence-electron chi connectivity index (χ1n) is 8.64. The van der Waals surface area contributed by atoms with Crippen LogP contribution in [0.15, 0.2) is 4.99 Å². The van der Waals surface area contributed by atoms with Crippen molar-refractivity contribution in [2.45, 2.75) is 52.6 Å². The fourth-order valence-corrected chi connectivity index (χ4v) is 2.58. The molecule has 0 saturated carbocycles. The van der Waals surface area contributed by atoms with Crippen molar-refractivity contribution < 1.29 is 4.74 Å². The Kier molecular flexibility index (Phi) is 10.2. The molecule has 0 aromatic carbocycles. The molecule has 2 heterocycles. The van der Waals surface area contributed by atoms with Crippen molar-refractivity contribution in [3.63, 3.8) is 0 Å². The second-order valence-corrected chi connectivity index (χ2v) is 6.32. The number of nitrogens with one attached hydrogen (secondary N) is 2. The van der Waals surface area contributed by atoms with Crippen LogP contribution < -0.4 is 10.6 Å². The molecule has 7 nitrogen and oxygen atoms in total. The zero-order valence-corrected chi connectivity index (χ0v) is 17.4. The lowest BCUT2D eigenvalue weighted by atomic mass is 10.2. The van der Waals surface area contributed by atoms with Gasteiger partial charge >= 0.3 is 0 Å². The van der Waals surface area contributed by atoms with Crippen LogP contribution >= 0.6 is 24.0 Å². The Labute approximate surface area is 162 Å². The van der Waals surface area contributed by atoms with E-state index in [0.29, 0.717) is 12.5 Å². The van der Waals surface area contributed by atoms with Crippen molar-refractivity contribution in [2.75, 3.05) is 26.8 Å². The van der Waals surface area contributed by atoms with E-state index in [4.69, 9.17) is 4.74 Å². The number of guanidine groups is 1. The lowest BCUT2D eigenvalue weighted by Crippen LogP contribution is -2.38. The first kappa shape index (κ1) is 21.1. The molecular formula is C16H31IN6O. The van der Waals surface area contributed by atoms with Gasteiger partial charge in [-0.05, 0) is 25.2 Å². The van der Waals surface area contributed by atoms with Crippen LogP contribution in [0.3, 0.4) is 0 Å². The van der Waals surface area contributed by atoms with Crippen LogP contribution in [0.5, 0.6) is 0 Å². The predicted octanol–water partition coefficient (Wildman–Crippen LogP) is 1.96. The molecule has 1 aromatic heterocycles. The molecule has 2 rings (SSSR count). The van der Waals surface area contributed by atoms with Gasteiger partial charge in [0.05, 0.1) is 6.54 Å². The number of aryl methyl sites for hydroxylation is 1. The fourth-order valence-electron chi connectivity index (χ4n) is 2.58. The smallest absolute Gasteiger partial charge is 0.191 e. The molecule has 0 radical (unpaired) electrons. The predicted molar refractivity (Wildman–Crippen MR) is 107 cm³/mol. The van der Waals surface area contributed by atoms with Gasteiger partial charge in [0.1, 0.15) is 5.82 Å². The average molecular weight is 450 g/mol. The molecule has 0 unspecified atom stereocenters. The minimum absolute atomic E-state index is 0. The normalized spacial score (nSPS) is 14.2. The van der Waals surface area contributed by atoms with Crippen molar-refractivity contribution in [2.24, 2.45) is 10.9 Å². The number of aromatic nitrogens is 3. The molecule has 24 heavy (non-hydrogen) atoms. The molecule has 0 bridgehead atoms. The summed E-state index contributed by atoms with van der Waals surface area (Å²) in [6.07, 6.45) is 4.43. The van der Waals surface area contributed by atoms with E-state index in [9.17, 15) is 0 Å². The van der Waals surface area contributed by atoms with Gasteiger partial charge < -0.3 is 19.9 Å². The standard InChI is InChI=1S/C16H30N6O.HI/c1-13(2)12-23-10-6-8-18-16(17-3)19-11-15-21-20-14-7-4-5-9-22(14)15;/h13H,4-12H2,1-3H3,(H2,17,18,19);1H. The molecule has 8 heteroatoms. The topological polar surface area (TPSA) is 76.4 Å². The van der Waals surface area contributed by atoms with Crippen LogP contribution in [0.25, 0.3) is 0 Å². The Hall–Kier alpha value is -0.900. The Bertz CT molecular complexity index is 503. The third kappa shape index (κ3) is 6.92. The molecule has 1 aliphatic heterocycles. The number of rotatable bonds is 8. The highest BCUT2D eigenvalue weighted by molar-refractivity contribution is 14.0. The minimum atomic E-state index is 0. The van der Waals surface area contributed by atoms with Crippen LogP contribution in [0.4, 0.5) is 0 Å². The van der Waals surface area contributed by atoms with Crippen molar-refractivity contribution >= 4 is 29.9 Å². The zero-order valence-electron chi connectivity index (χ0n) is 15.0. The quantitative estimate of drug-likeness (QED) is 0.274. The number of ether oxygens (including phenoxy) is 1. The first-order chi connectivity index (χ1) is 11.2. The largest absolute Gasteiger partial charge is 0.381 e. The van der Waals surface area contributed by atoms with E-state index in [-0.39, 0.29) is 24.0 Å². The van der Waals surface area contributed by atoms with Gasteiger partial charge in [-0.3, -0.25) is 4.99 Å². The van der Waals surface area contributed by atoms with E-state index in [1.165, 1.54) is 12.8 Å². The second kappa shape index (κ2) is 11.6. The third-order valence-corrected chi connectivity index (χ3v) is 3.78. The summed E-state index contributed by atoms with van der Waals surface area (Å²) in [4.78, 5) is 4.24. The maximum absolute atomic E-state index is 5.57. The number of fused-ring (bicyclic) bond motifs is 1. The zero-order chi connectivity index (χ0) is 16.5. The third-order valence-electron chi connectivity index (χ3n) is 3.78. The Morgan fingerprint density at radius 3 is 2.88 bits per heavy atom. The number of nitrogens with zero attached hydrogens (tertiary/aromatic N) is 4. The van der Waals surface area contributed by atoms with Crippen LogP contribution in [-0.2, 0) is 24.2 Å². The monoisotopic (exact) mass is 450 g/mol. The Morgan fingerprint density at radius 2 is 2.12 bits per heavy atom. The summed E-state index contributed by atoms with van der Waals surface area (Å²) < 4.78 is 7.80. The summed E-state index contributed by atoms with van der Waals surface area (Å²) in [5, 5.41) is 15.2. The van der Waals surface area contributed by atoms with Gasteiger partial charge in [0.2, 0.25) is 0 Å². The lowest BCUT2D eigenvalue weighted by molar-refractivity contribution is 0.108. The molecule has 0 spiro atoms. The summed E-state index contributed by atoms with van der Waals surface area (Å²) in [6, 6.07) is 0. The maximum atomic E-state index is 5.57. The summed E-state index contributed by atoms with van der Waals surface area (Å²) in [5.74, 6) is 3.48. The van der Waals surface area contributed by atoms with E-state index in [1.54, 1.807) is 7.05 Å².